The molecule has 1 aromatic carbocycles. The maximum absolute atomic E-state index is 10.3. The van der Waals surface area contributed by atoms with Gasteiger partial charge in [0.2, 0.25) is 0 Å². The molecular formula is C16H20O3. The van der Waals surface area contributed by atoms with Crippen molar-refractivity contribution in [1.29, 1.82) is 0 Å². The molecule has 4 aliphatic rings. The average Bonchev–Trinajstić information content (AvgIpc) is 2.48. The van der Waals surface area contributed by atoms with Crippen molar-refractivity contribution in [3.05, 3.63) is 23.8 Å². The highest BCUT2D eigenvalue weighted by Gasteiger charge is 2.48. The van der Waals surface area contributed by atoms with Gasteiger partial charge < -0.3 is 14.6 Å². The fourth-order valence-corrected chi connectivity index (χ4v) is 3.97. The molecule has 0 spiro atoms. The largest absolute Gasteiger partial charge is 0.486 e. The van der Waals surface area contributed by atoms with Crippen molar-refractivity contribution < 1.29 is 14.6 Å². The van der Waals surface area contributed by atoms with E-state index in [4.69, 9.17) is 9.47 Å². The third-order valence-electron chi connectivity index (χ3n) is 5.36. The average molecular weight is 260 g/mol. The minimum absolute atomic E-state index is 0.264. The van der Waals surface area contributed by atoms with Gasteiger partial charge in [-0.15, -0.1) is 0 Å². The molecule has 0 radical (unpaired) electrons. The Morgan fingerprint density at radius 1 is 0.842 bits per heavy atom. The lowest BCUT2D eigenvalue weighted by atomic mass is 9.56. The number of hydrogen-bond acceptors (Lipinski definition) is 3. The van der Waals surface area contributed by atoms with Crippen molar-refractivity contribution in [3.8, 4) is 11.5 Å². The summed E-state index contributed by atoms with van der Waals surface area (Å²) < 4.78 is 11.3. The molecule has 3 heteroatoms. The van der Waals surface area contributed by atoms with Gasteiger partial charge in [0.25, 0.3) is 0 Å². The summed E-state index contributed by atoms with van der Waals surface area (Å²) in [5, 5.41) is 10.3. The van der Waals surface area contributed by atoms with Crippen molar-refractivity contribution >= 4 is 0 Å². The normalized spacial score (nSPS) is 36.3. The Morgan fingerprint density at radius 2 is 1.47 bits per heavy atom. The van der Waals surface area contributed by atoms with Gasteiger partial charge >= 0.3 is 0 Å². The maximum Gasteiger partial charge on any atom is 0.161 e. The van der Waals surface area contributed by atoms with Crippen LogP contribution in [0.5, 0.6) is 11.5 Å². The fourth-order valence-electron chi connectivity index (χ4n) is 3.97. The van der Waals surface area contributed by atoms with Crippen LogP contribution in [0.2, 0.25) is 0 Å². The molecule has 0 saturated heterocycles. The third-order valence-corrected chi connectivity index (χ3v) is 5.36. The minimum Gasteiger partial charge on any atom is -0.486 e. The van der Waals surface area contributed by atoms with Crippen LogP contribution in [0.3, 0.4) is 0 Å². The fraction of sp³-hybridized carbons (Fsp3) is 0.625. The van der Waals surface area contributed by atoms with E-state index in [1.807, 2.05) is 6.07 Å². The van der Waals surface area contributed by atoms with E-state index in [1.54, 1.807) is 0 Å². The molecule has 0 aromatic heterocycles. The smallest absolute Gasteiger partial charge is 0.161 e. The lowest BCUT2D eigenvalue weighted by Crippen LogP contribution is -2.48. The van der Waals surface area contributed by atoms with Gasteiger partial charge in [0.05, 0.1) is 5.60 Å². The van der Waals surface area contributed by atoms with E-state index in [9.17, 15) is 5.11 Å². The third kappa shape index (κ3) is 1.75. The van der Waals surface area contributed by atoms with Crippen molar-refractivity contribution in [3.63, 3.8) is 0 Å². The van der Waals surface area contributed by atoms with Gasteiger partial charge in [-0.05, 0) is 61.6 Å². The summed E-state index contributed by atoms with van der Waals surface area (Å²) in [6.45, 7) is 1.29. The molecule has 3 saturated carbocycles. The Kier molecular flexibility index (Phi) is 2.37. The molecule has 0 amide bonds. The van der Waals surface area contributed by atoms with Crippen LogP contribution in [0.4, 0.5) is 0 Å². The van der Waals surface area contributed by atoms with Crippen LogP contribution < -0.4 is 9.47 Å². The second-order valence-electron chi connectivity index (χ2n) is 6.36. The Bertz CT molecular complexity index is 484. The predicted octanol–water partition coefficient (Wildman–Crippen LogP) is 2.79. The number of fused-ring (bicyclic) bond motifs is 4. The van der Waals surface area contributed by atoms with E-state index in [1.165, 1.54) is 5.56 Å². The van der Waals surface area contributed by atoms with Crippen LogP contribution >= 0.6 is 0 Å². The van der Waals surface area contributed by atoms with Crippen LogP contribution in [-0.2, 0) is 5.41 Å². The number of benzene rings is 1. The molecule has 1 N–H and O–H groups in total. The Balaban J connectivity index is 1.69. The number of ether oxygens (including phenoxy) is 2. The van der Waals surface area contributed by atoms with Gasteiger partial charge in [-0.25, -0.2) is 0 Å². The van der Waals surface area contributed by atoms with Crippen molar-refractivity contribution in [1.82, 2.24) is 0 Å². The summed E-state index contributed by atoms with van der Waals surface area (Å²) in [5.41, 5.74) is 1.27. The Hall–Kier alpha value is -1.22. The highest BCUT2D eigenvalue weighted by Crippen LogP contribution is 2.54. The first-order valence-electron chi connectivity index (χ1n) is 7.32. The first-order valence-corrected chi connectivity index (χ1v) is 7.32. The molecule has 3 fully saturated rings. The van der Waals surface area contributed by atoms with Gasteiger partial charge in [0.15, 0.2) is 11.5 Å². The summed E-state index contributed by atoms with van der Waals surface area (Å²) >= 11 is 0. The van der Waals surface area contributed by atoms with Gasteiger partial charge in [-0.3, -0.25) is 0 Å². The molecule has 3 nitrogen and oxygen atoms in total. The summed E-state index contributed by atoms with van der Waals surface area (Å²) in [4.78, 5) is 0. The molecule has 1 aliphatic heterocycles. The van der Waals surface area contributed by atoms with Crippen molar-refractivity contribution in [2.24, 2.45) is 0 Å². The van der Waals surface area contributed by atoms with E-state index in [2.05, 4.69) is 12.1 Å². The van der Waals surface area contributed by atoms with Crippen LogP contribution in [0, 0.1) is 0 Å². The quantitative estimate of drug-likeness (QED) is 0.844. The summed E-state index contributed by atoms with van der Waals surface area (Å²) in [7, 11) is 0. The molecule has 102 valence electrons. The van der Waals surface area contributed by atoms with E-state index in [0.29, 0.717) is 13.2 Å². The second kappa shape index (κ2) is 3.89. The zero-order chi connectivity index (χ0) is 12.9. The summed E-state index contributed by atoms with van der Waals surface area (Å²) in [5.74, 6) is 1.76. The van der Waals surface area contributed by atoms with E-state index in [-0.39, 0.29) is 11.0 Å². The molecule has 0 unspecified atom stereocenters. The van der Waals surface area contributed by atoms with E-state index < -0.39 is 0 Å². The second-order valence-corrected chi connectivity index (χ2v) is 6.36. The molecule has 19 heavy (non-hydrogen) atoms. The molecule has 1 aromatic rings. The van der Waals surface area contributed by atoms with Crippen molar-refractivity contribution in [2.75, 3.05) is 13.2 Å². The SMILES string of the molecule is OC12CCC(c3ccc4c(c3)OCCO4)(CC1)CC2. The lowest BCUT2D eigenvalue weighted by Gasteiger charge is -2.51. The zero-order valence-electron chi connectivity index (χ0n) is 11.2. The standard InChI is InChI=1S/C16H20O3/c17-16-6-3-15(4-7-16,5-8-16)12-1-2-13-14(11-12)19-10-9-18-13/h1-2,11,17H,3-10H2. The molecule has 3 aliphatic carbocycles. The highest BCUT2D eigenvalue weighted by molar-refractivity contribution is 5.46. The highest BCUT2D eigenvalue weighted by atomic mass is 16.6. The topological polar surface area (TPSA) is 38.7 Å². The molecular weight excluding hydrogens is 240 g/mol. The number of rotatable bonds is 1. The first kappa shape index (κ1) is 11.6. The summed E-state index contributed by atoms with van der Waals surface area (Å²) in [6.07, 6.45) is 6.14. The van der Waals surface area contributed by atoms with E-state index in [0.717, 1.165) is 50.0 Å². The predicted molar refractivity (Wildman–Crippen MR) is 71.8 cm³/mol. The van der Waals surface area contributed by atoms with Gasteiger partial charge in [0.1, 0.15) is 13.2 Å². The van der Waals surface area contributed by atoms with Crippen molar-refractivity contribution in [2.45, 2.75) is 49.5 Å². The maximum atomic E-state index is 10.3. The Morgan fingerprint density at radius 3 is 2.16 bits per heavy atom. The number of aliphatic hydroxyl groups is 1. The van der Waals surface area contributed by atoms with Crippen LogP contribution in [0.15, 0.2) is 18.2 Å². The van der Waals surface area contributed by atoms with Crippen LogP contribution in [-0.4, -0.2) is 23.9 Å². The van der Waals surface area contributed by atoms with Crippen LogP contribution in [0.25, 0.3) is 0 Å². The molecule has 5 rings (SSSR count). The minimum atomic E-state index is -0.366. The van der Waals surface area contributed by atoms with Gasteiger partial charge in [0, 0.05) is 0 Å². The monoisotopic (exact) mass is 260 g/mol. The van der Waals surface area contributed by atoms with Gasteiger partial charge in [-0.2, -0.15) is 0 Å². The molecule has 1 heterocycles. The van der Waals surface area contributed by atoms with Gasteiger partial charge in [-0.1, -0.05) is 6.07 Å². The summed E-state index contributed by atoms with van der Waals surface area (Å²) in [6, 6.07) is 6.42. The van der Waals surface area contributed by atoms with E-state index >= 15 is 0 Å². The lowest BCUT2D eigenvalue weighted by molar-refractivity contribution is -0.0661. The number of hydrogen-bond donors (Lipinski definition) is 1. The molecule has 2 bridgehead atoms. The first-order chi connectivity index (χ1) is 9.19. The van der Waals surface area contributed by atoms with Crippen LogP contribution in [0.1, 0.15) is 44.1 Å². The zero-order valence-corrected chi connectivity index (χ0v) is 11.2. The molecule has 0 atom stereocenters. The Labute approximate surface area is 113 Å².